The van der Waals surface area contributed by atoms with Gasteiger partial charge in [0.15, 0.2) is 6.10 Å². The normalized spacial score (nSPS) is 15.6. The maximum atomic E-state index is 13.5. The number of carbonyl (C=O) groups excluding carboxylic acids is 4. The van der Waals surface area contributed by atoms with E-state index in [0.29, 0.717) is 0 Å². The number of rotatable bonds is 5. The lowest BCUT2D eigenvalue weighted by molar-refractivity contribution is -0.139. The maximum Gasteiger partial charge on any atom is 0.404 e. The number of primary amides is 2. The standard InChI is InChI=1S/C21H29N3O6/c1-19(2,3)21(20(4,5)6,14(30-18(23)28)11-29-17(22)27)24-15(25)12-9-7-8-10-13(12)16(24)26/h7-10,14H,11H2,1-6H3,(H2,22,27)(H2,23,28)/t14-/m1/s1. The molecule has 0 radical (unpaired) electrons. The molecule has 0 spiro atoms. The molecule has 0 aromatic heterocycles. The van der Waals surface area contributed by atoms with E-state index in [1.807, 2.05) is 41.5 Å². The molecule has 164 valence electrons. The van der Waals surface area contributed by atoms with E-state index in [1.54, 1.807) is 24.3 Å². The monoisotopic (exact) mass is 419 g/mol. The number of imide groups is 1. The average molecular weight is 419 g/mol. The molecule has 1 atom stereocenters. The number of benzene rings is 1. The van der Waals surface area contributed by atoms with E-state index in [1.165, 1.54) is 0 Å². The summed E-state index contributed by atoms with van der Waals surface area (Å²) in [5.74, 6) is -1.06. The van der Waals surface area contributed by atoms with Crippen LogP contribution in [0.15, 0.2) is 24.3 Å². The smallest absolute Gasteiger partial charge is 0.404 e. The third-order valence-electron chi connectivity index (χ3n) is 5.53. The Morgan fingerprint density at radius 1 is 0.900 bits per heavy atom. The predicted octanol–water partition coefficient (Wildman–Crippen LogP) is 2.67. The first kappa shape index (κ1) is 23.2. The molecule has 9 heteroatoms. The Hall–Kier alpha value is -3.10. The summed E-state index contributed by atoms with van der Waals surface area (Å²) in [6, 6.07) is 6.46. The second-order valence-electron chi connectivity index (χ2n) is 9.31. The lowest BCUT2D eigenvalue weighted by atomic mass is 9.56. The molecule has 2 rings (SSSR count). The van der Waals surface area contributed by atoms with Gasteiger partial charge in [0.25, 0.3) is 11.8 Å². The Balaban J connectivity index is 2.83. The van der Waals surface area contributed by atoms with Gasteiger partial charge in [0.2, 0.25) is 0 Å². The molecule has 0 aliphatic carbocycles. The number of carbonyl (C=O) groups is 4. The molecule has 0 bridgehead atoms. The van der Waals surface area contributed by atoms with Crippen molar-refractivity contribution in [2.75, 3.05) is 6.61 Å². The summed E-state index contributed by atoms with van der Waals surface area (Å²) in [5.41, 5.74) is 7.78. The Bertz CT molecular complexity index is 832. The number of nitrogens with zero attached hydrogens (tertiary/aromatic N) is 1. The first-order chi connectivity index (χ1) is 13.7. The van der Waals surface area contributed by atoms with Gasteiger partial charge < -0.3 is 20.9 Å². The highest BCUT2D eigenvalue weighted by atomic mass is 16.6. The summed E-state index contributed by atoms with van der Waals surface area (Å²) in [7, 11) is 0. The van der Waals surface area contributed by atoms with Gasteiger partial charge in [0.05, 0.1) is 11.1 Å². The van der Waals surface area contributed by atoms with Crippen LogP contribution in [0, 0.1) is 10.8 Å². The molecule has 1 aliphatic heterocycles. The van der Waals surface area contributed by atoms with Gasteiger partial charge in [0, 0.05) is 0 Å². The zero-order chi connectivity index (χ0) is 23.1. The van der Waals surface area contributed by atoms with E-state index >= 15 is 0 Å². The highest BCUT2D eigenvalue weighted by molar-refractivity contribution is 6.22. The van der Waals surface area contributed by atoms with E-state index in [9.17, 15) is 19.2 Å². The van der Waals surface area contributed by atoms with Gasteiger partial charge in [-0.15, -0.1) is 0 Å². The lowest BCUT2D eigenvalue weighted by Crippen LogP contribution is -2.73. The van der Waals surface area contributed by atoms with Gasteiger partial charge in [-0.2, -0.15) is 0 Å². The molecule has 1 aromatic carbocycles. The fourth-order valence-electron chi connectivity index (χ4n) is 4.95. The fourth-order valence-corrected chi connectivity index (χ4v) is 4.95. The Morgan fingerprint density at radius 3 is 1.67 bits per heavy atom. The van der Waals surface area contributed by atoms with Crippen LogP contribution in [-0.4, -0.2) is 47.2 Å². The zero-order valence-corrected chi connectivity index (χ0v) is 18.1. The van der Waals surface area contributed by atoms with Crippen LogP contribution in [0.3, 0.4) is 0 Å². The van der Waals surface area contributed by atoms with Crippen molar-refractivity contribution in [3.05, 3.63) is 35.4 Å². The van der Waals surface area contributed by atoms with Crippen LogP contribution in [0.5, 0.6) is 0 Å². The molecule has 1 aliphatic rings. The van der Waals surface area contributed by atoms with Crippen LogP contribution < -0.4 is 11.5 Å². The largest absolute Gasteiger partial charge is 0.446 e. The molecule has 9 nitrogen and oxygen atoms in total. The van der Waals surface area contributed by atoms with Crippen LogP contribution in [0.4, 0.5) is 9.59 Å². The van der Waals surface area contributed by atoms with Crippen molar-refractivity contribution in [2.24, 2.45) is 22.3 Å². The first-order valence-corrected chi connectivity index (χ1v) is 9.52. The minimum absolute atomic E-state index is 0.244. The molecular weight excluding hydrogens is 390 g/mol. The predicted molar refractivity (Wildman–Crippen MR) is 109 cm³/mol. The second-order valence-corrected chi connectivity index (χ2v) is 9.31. The molecule has 1 aromatic rings. The summed E-state index contributed by atoms with van der Waals surface area (Å²) < 4.78 is 10.4. The minimum Gasteiger partial charge on any atom is -0.446 e. The third kappa shape index (κ3) is 3.59. The summed E-state index contributed by atoms with van der Waals surface area (Å²) in [5, 5.41) is 0. The summed E-state index contributed by atoms with van der Waals surface area (Å²) >= 11 is 0. The topological polar surface area (TPSA) is 142 Å². The molecule has 0 saturated heterocycles. The van der Waals surface area contributed by atoms with Crippen molar-refractivity contribution in [1.82, 2.24) is 4.90 Å². The molecule has 0 unspecified atom stereocenters. The number of nitrogens with two attached hydrogens (primary N) is 2. The second kappa shape index (κ2) is 7.62. The number of hydrogen-bond donors (Lipinski definition) is 2. The van der Waals surface area contributed by atoms with Crippen molar-refractivity contribution < 1.29 is 28.7 Å². The van der Waals surface area contributed by atoms with Crippen LogP contribution in [0.25, 0.3) is 0 Å². The molecule has 1 heterocycles. The van der Waals surface area contributed by atoms with Crippen molar-refractivity contribution in [3.8, 4) is 0 Å². The van der Waals surface area contributed by atoms with Gasteiger partial charge in [-0.05, 0) is 23.0 Å². The molecule has 4 N–H and O–H groups in total. The summed E-state index contributed by atoms with van der Waals surface area (Å²) in [6.07, 6.45) is -3.50. The average Bonchev–Trinajstić information content (AvgIpc) is 2.83. The Labute approximate surface area is 175 Å². The van der Waals surface area contributed by atoms with E-state index in [-0.39, 0.29) is 11.1 Å². The van der Waals surface area contributed by atoms with Crippen LogP contribution in [0.1, 0.15) is 62.3 Å². The maximum absolute atomic E-state index is 13.5. The Kier molecular flexibility index (Phi) is 5.89. The van der Waals surface area contributed by atoms with Crippen molar-refractivity contribution >= 4 is 24.0 Å². The molecule has 0 saturated carbocycles. The number of ether oxygens (including phenoxy) is 2. The van der Waals surface area contributed by atoms with E-state index < -0.39 is 53.1 Å². The number of hydrogen-bond acceptors (Lipinski definition) is 6. The van der Waals surface area contributed by atoms with E-state index in [2.05, 4.69) is 0 Å². The van der Waals surface area contributed by atoms with Crippen LogP contribution in [0.2, 0.25) is 0 Å². The highest BCUT2D eigenvalue weighted by Crippen LogP contribution is 2.53. The third-order valence-corrected chi connectivity index (χ3v) is 5.53. The zero-order valence-electron chi connectivity index (χ0n) is 18.1. The van der Waals surface area contributed by atoms with Crippen LogP contribution in [-0.2, 0) is 9.47 Å². The van der Waals surface area contributed by atoms with Crippen LogP contribution >= 0.6 is 0 Å². The van der Waals surface area contributed by atoms with Crippen molar-refractivity contribution in [2.45, 2.75) is 53.2 Å². The molecule has 0 fully saturated rings. The van der Waals surface area contributed by atoms with Crippen molar-refractivity contribution in [1.29, 1.82) is 0 Å². The fraction of sp³-hybridized carbons (Fsp3) is 0.524. The molecular formula is C21H29N3O6. The van der Waals surface area contributed by atoms with Gasteiger partial charge >= 0.3 is 12.2 Å². The SMILES string of the molecule is CC(C)(C)C([C@@H](COC(N)=O)OC(N)=O)(N1C(=O)c2ccccc2C1=O)C(C)(C)C. The minimum atomic E-state index is -1.46. The highest BCUT2D eigenvalue weighted by Gasteiger charge is 2.66. The van der Waals surface area contributed by atoms with Gasteiger partial charge in [0.1, 0.15) is 12.1 Å². The summed E-state index contributed by atoms with van der Waals surface area (Å²) in [6.45, 7) is 10.4. The summed E-state index contributed by atoms with van der Waals surface area (Å²) in [4.78, 5) is 51.2. The van der Waals surface area contributed by atoms with Gasteiger partial charge in [-0.1, -0.05) is 53.7 Å². The first-order valence-electron chi connectivity index (χ1n) is 9.52. The Morgan fingerprint density at radius 2 is 1.33 bits per heavy atom. The van der Waals surface area contributed by atoms with Gasteiger partial charge in [-0.25, -0.2) is 9.59 Å². The lowest BCUT2D eigenvalue weighted by Gasteiger charge is -2.59. The molecule has 4 amide bonds. The number of fused-ring (bicyclic) bond motifs is 1. The van der Waals surface area contributed by atoms with Crippen molar-refractivity contribution in [3.63, 3.8) is 0 Å². The molecule has 30 heavy (non-hydrogen) atoms. The number of amides is 4. The quantitative estimate of drug-likeness (QED) is 0.703. The van der Waals surface area contributed by atoms with Gasteiger partial charge in [-0.3, -0.25) is 14.5 Å². The van der Waals surface area contributed by atoms with E-state index in [4.69, 9.17) is 20.9 Å². The van der Waals surface area contributed by atoms with E-state index in [0.717, 1.165) is 4.90 Å².